The Balaban J connectivity index is 1.97. The summed E-state index contributed by atoms with van der Waals surface area (Å²) in [5, 5.41) is 15.4. The number of nitrogens with zero attached hydrogens (tertiary/aromatic N) is 1. The monoisotopic (exact) mass is 317 g/mol. The van der Waals surface area contributed by atoms with Gasteiger partial charge in [0.1, 0.15) is 12.4 Å². The SMILES string of the molecule is COCCOc1cccc(CN/C(=N\O)c2ccc(=O)[nH]c2)c1. The molecule has 1 aromatic carbocycles. The van der Waals surface area contributed by atoms with Crippen LogP contribution in [0, 0.1) is 0 Å². The molecule has 7 heteroatoms. The van der Waals surface area contributed by atoms with E-state index in [0.29, 0.717) is 25.3 Å². The lowest BCUT2D eigenvalue weighted by Crippen LogP contribution is -2.25. The van der Waals surface area contributed by atoms with Crippen LogP contribution in [0.5, 0.6) is 5.75 Å². The number of H-pyrrole nitrogens is 1. The van der Waals surface area contributed by atoms with E-state index in [-0.39, 0.29) is 11.4 Å². The predicted molar refractivity (Wildman–Crippen MR) is 86.0 cm³/mol. The average Bonchev–Trinajstić information content (AvgIpc) is 2.57. The largest absolute Gasteiger partial charge is 0.491 e. The zero-order valence-electron chi connectivity index (χ0n) is 12.8. The molecule has 2 rings (SSSR count). The Bertz CT molecular complexity index is 692. The molecule has 0 aliphatic carbocycles. The van der Waals surface area contributed by atoms with Crippen molar-refractivity contribution in [2.45, 2.75) is 6.54 Å². The number of rotatable bonds is 7. The van der Waals surface area contributed by atoms with Crippen LogP contribution in [0.25, 0.3) is 0 Å². The molecule has 0 bridgehead atoms. The third-order valence-corrected chi connectivity index (χ3v) is 3.07. The highest BCUT2D eigenvalue weighted by Crippen LogP contribution is 2.13. The highest BCUT2D eigenvalue weighted by Gasteiger charge is 2.05. The molecular weight excluding hydrogens is 298 g/mol. The summed E-state index contributed by atoms with van der Waals surface area (Å²) >= 11 is 0. The molecule has 0 radical (unpaired) electrons. The first-order valence-electron chi connectivity index (χ1n) is 7.08. The van der Waals surface area contributed by atoms with E-state index < -0.39 is 0 Å². The van der Waals surface area contributed by atoms with E-state index in [1.165, 1.54) is 12.3 Å². The Morgan fingerprint density at radius 3 is 2.87 bits per heavy atom. The number of hydrogen-bond donors (Lipinski definition) is 3. The molecule has 2 aromatic rings. The van der Waals surface area contributed by atoms with Gasteiger partial charge in [0.2, 0.25) is 5.56 Å². The molecule has 1 aromatic heterocycles. The van der Waals surface area contributed by atoms with Crippen LogP contribution in [-0.2, 0) is 11.3 Å². The average molecular weight is 317 g/mol. The van der Waals surface area contributed by atoms with Crippen molar-refractivity contribution in [1.29, 1.82) is 0 Å². The molecule has 1 heterocycles. The zero-order chi connectivity index (χ0) is 16.5. The predicted octanol–water partition coefficient (Wildman–Crippen LogP) is 1.33. The standard InChI is InChI=1S/C16H19N3O4/c1-22-7-8-23-14-4-2-3-12(9-14)10-18-16(19-21)13-5-6-15(20)17-11-13/h2-6,9,11,21H,7-8,10H2,1H3,(H,17,20)(H,18,19). The number of nitrogens with one attached hydrogen (secondary N) is 2. The number of oxime groups is 1. The lowest BCUT2D eigenvalue weighted by atomic mass is 10.2. The summed E-state index contributed by atoms with van der Waals surface area (Å²) in [6.45, 7) is 1.45. The Kier molecular flexibility index (Phi) is 6.19. The van der Waals surface area contributed by atoms with Crippen molar-refractivity contribution in [3.05, 3.63) is 64.1 Å². The van der Waals surface area contributed by atoms with Gasteiger partial charge in [-0.3, -0.25) is 4.79 Å². The van der Waals surface area contributed by atoms with Gasteiger partial charge in [-0.2, -0.15) is 0 Å². The lowest BCUT2D eigenvalue weighted by Gasteiger charge is -2.10. The van der Waals surface area contributed by atoms with Gasteiger partial charge in [-0.05, 0) is 23.8 Å². The van der Waals surface area contributed by atoms with Crippen LogP contribution in [0.4, 0.5) is 0 Å². The molecule has 0 aliphatic rings. The summed E-state index contributed by atoms with van der Waals surface area (Å²) in [4.78, 5) is 13.6. The van der Waals surface area contributed by atoms with E-state index in [0.717, 1.165) is 11.3 Å². The Morgan fingerprint density at radius 1 is 1.30 bits per heavy atom. The molecule has 0 aliphatic heterocycles. The van der Waals surface area contributed by atoms with E-state index >= 15 is 0 Å². The number of pyridine rings is 1. The zero-order valence-corrected chi connectivity index (χ0v) is 12.8. The van der Waals surface area contributed by atoms with E-state index in [1.807, 2.05) is 24.3 Å². The van der Waals surface area contributed by atoms with Gasteiger partial charge in [0.05, 0.1) is 6.61 Å². The first-order chi connectivity index (χ1) is 11.2. The number of hydrogen-bond acceptors (Lipinski definition) is 5. The maximum absolute atomic E-state index is 11.1. The van der Waals surface area contributed by atoms with Crippen molar-refractivity contribution < 1.29 is 14.7 Å². The summed E-state index contributed by atoms with van der Waals surface area (Å²) < 4.78 is 10.5. The van der Waals surface area contributed by atoms with Gasteiger partial charge in [-0.15, -0.1) is 0 Å². The molecule has 3 N–H and O–H groups in total. The molecule has 0 amide bonds. The topological polar surface area (TPSA) is 95.9 Å². The minimum absolute atomic E-state index is 0.216. The number of amidine groups is 1. The highest BCUT2D eigenvalue weighted by molar-refractivity contribution is 5.97. The van der Waals surface area contributed by atoms with Crippen molar-refractivity contribution in [2.75, 3.05) is 20.3 Å². The van der Waals surface area contributed by atoms with Crippen LogP contribution in [-0.4, -0.2) is 36.4 Å². The van der Waals surface area contributed by atoms with Gasteiger partial charge < -0.3 is 25.0 Å². The molecule has 0 spiro atoms. The molecular formula is C16H19N3O4. The van der Waals surface area contributed by atoms with Crippen LogP contribution in [0.3, 0.4) is 0 Å². The van der Waals surface area contributed by atoms with Gasteiger partial charge in [0, 0.05) is 31.5 Å². The smallest absolute Gasteiger partial charge is 0.247 e. The van der Waals surface area contributed by atoms with Gasteiger partial charge in [-0.25, -0.2) is 0 Å². The van der Waals surface area contributed by atoms with Gasteiger partial charge in [-0.1, -0.05) is 17.3 Å². The summed E-state index contributed by atoms with van der Waals surface area (Å²) in [6.07, 6.45) is 1.48. The van der Waals surface area contributed by atoms with Crippen molar-refractivity contribution in [3.8, 4) is 5.75 Å². The molecule has 0 atom stereocenters. The highest BCUT2D eigenvalue weighted by atomic mass is 16.5. The third-order valence-electron chi connectivity index (χ3n) is 3.07. The molecule has 0 saturated carbocycles. The van der Waals surface area contributed by atoms with E-state index in [4.69, 9.17) is 14.7 Å². The normalized spacial score (nSPS) is 11.3. The Morgan fingerprint density at radius 2 is 2.17 bits per heavy atom. The van der Waals surface area contributed by atoms with Crippen molar-refractivity contribution in [1.82, 2.24) is 10.3 Å². The van der Waals surface area contributed by atoms with Crippen molar-refractivity contribution >= 4 is 5.84 Å². The Labute approximate surface area is 133 Å². The van der Waals surface area contributed by atoms with Crippen LogP contribution < -0.4 is 15.6 Å². The first-order valence-corrected chi connectivity index (χ1v) is 7.08. The van der Waals surface area contributed by atoms with Crippen LogP contribution in [0.1, 0.15) is 11.1 Å². The van der Waals surface area contributed by atoms with Crippen molar-refractivity contribution in [3.63, 3.8) is 0 Å². The van der Waals surface area contributed by atoms with Crippen LogP contribution >= 0.6 is 0 Å². The second kappa shape index (κ2) is 8.60. The van der Waals surface area contributed by atoms with Crippen LogP contribution in [0.2, 0.25) is 0 Å². The quantitative estimate of drug-likeness (QED) is 0.235. The molecule has 23 heavy (non-hydrogen) atoms. The van der Waals surface area contributed by atoms with E-state index in [9.17, 15) is 4.79 Å². The van der Waals surface area contributed by atoms with E-state index in [1.54, 1.807) is 13.2 Å². The number of ether oxygens (including phenoxy) is 2. The molecule has 7 nitrogen and oxygen atoms in total. The van der Waals surface area contributed by atoms with Crippen molar-refractivity contribution in [2.24, 2.45) is 5.16 Å². The maximum atomic E-state index is 11.1. The second-order valence-electron chi connectivity index (χ2n) is 4.73. The number of methoxy groups -OCH3 is 1. The fourth-order valence-corrected chi connectivity index (χ4v) is 1.93. The minimum atomic E-state index is -0.216. The lowest BCUT2D eigenvalue weighted by molar-refractivity contribution is 0.146. The van der Waals surface area contributed by atoms with Gasteiger partial charge >= 0.3 is 0 Å². The number of benzene rings is 1. The maximum Gasteiger partial charge on any atom is 0.247 e. The molecule has 0 unspecified atom stereocenters. The summed E-state index contributed by atoms with van der Waals surface area (Å²) in [6, 6.07) is 10.5. The fourth-order valence-electron chi connectivity index (χ4n) is 1.93. The van der Waals surface area contributed by atoms with E-state index in [2.05, 4.69) is 15.5 Å². The fraction of sp³-hybridized carbons (Fsp3) is 0.250. The number of aromatic amines is 1. The number of aromatic nitrogens is 1. The molecule has 0 fully saturated rings. The summed E-state index contributed by atoms with van der Waals surface area (Å²) in [7, 11) is 1.62. The Hall–Kier alpha value is -2.80. The van der Waals surface area contributed by atoms with Gasteiger partial charge in [0.15, 0.2) is 5.84 Å². The molecule has 0 saturated heterocycles. The molecule has 122 valence electrons. The summed E-state index contributed by atoms with van der Waals surface area (Å²) in [5.74, 6) is 1.01. The third kappa shape index (κ3) is 5.15. The minimum Gasteiger partial charge on any atom is -0.491 e. The summed E-state index contributed by atoms with van der Waals surface area (Å²) in [5.41, 5.74) is 1.33. The first kappa shape index (κ1) is 16.6. The van der Waals surface area contributed by atoms with Crippen LogP contribution in [0.15, 0.2) is 52.5 Å². The van der Waals surface area contributed by atoms with Gasteiger partial charge in [0.25, 0.3) is 0 Å². The second-order valence-corrected chi connectivity index (χ2v) is 4.73.